The van der Waals surface area contributed by atoms with Crippen LogP contribution < -0.4 is 11.1 Å². The molecule has 1 rings (SSSR count). The minimum absolute atomic E-state index is 0.0123. The van der Waals surface area contributed by atoms with Crippen molar-refractivity contribution in [2.45, 2.75) is 11.4 Å². The third-order valence-corrected chi connectivity index (χ3v) is 2.97. The first-order chi connectivity index (χ1) is 8.13. The summed E-state index contributed by atoms with van der Waals surface area (Å²) in [5, 5.41) is 11.2. The predicted octanol–water partition coefficient (Wildman–Crippen LogP) is 0.438. The fourth-order valence-electron chi connectivity index (χ4n) is 1.22. The molecule has 0 atom stereocenters. The van der Waals surface area contributed by atoms with Gasteiger partial charge in [-0.15, -0.1) is 0 Å². The molecule has 0 fully saturated rings. The van der Waals surface area contributed by atoms with Crippen molar-refractivity contribution in [2.75, 3.05) is 13.1 Å². The van der Waals surface area contributed by atoms with E-state index < -0.39 is 5.97 Å². The Morgan fingerprint density at radius 1 is 1.35 bits per heavy atom. The van der Waals surface area contributed by atoms with Crippen molar-refractivity contribution in [2.24, 2.45) is 5.73 Å². The van der Waals surface area contributed by atoms with E-state index in [1.165, 1.54) is 0 Å². The summed E-state index contributed by atoms with van der Waals surface area (Å²) in [5.74, 6) is -0.909. The molecule has 0 bridgehead atoms. The fourth-order valence-corrected chi connectivity index (χ4v) is 1.96. The van der Waals surface area contributed by atoms with E-state index in [1.54, 1.807) is 0 Å². The van der Waals surface area contributed by atoms with Crippen molar-refractivity contribution in [3.05, 3.63) is 29.8 Å². The highest BCUT2D eigenvalue weighted by Crippen LogP contribution is 2.22. The molecule has 1 aromatic carbocycles. The lowest BCUT2D eigenvalue weighted by molar-refractivity contribution is -0.136. The number of carbonyl (C=O) groups excluding carboxylic acids is 1. The van der Waals surface area contributed by atoms with Crippen LogP contribution >= 0.6 is 11.8 Å². The van der Waals surface area contributed by atoms with Gasteiger partial charge in [0.15, 0.2) is 0 Å². The Morgan fingerprint density at radius 3 is 2.71 bits per heavy atom. The Kier molecular flexibility index (Phi) is 5.68. The Balaban J connectivity index is 2.64. The number of thioether (sulfide) groups is 1. The zero-order valence-corrected chi connectivity index (χ0v) is 10.00. The fraction of sp³-hybridized carbons (Fsp3) is 0.273. The van der Waals surface area contributed by atoms with Gasteiger partial charge in [0, 0.05) is 11.4 Å². The van der Waals surface area contributed by atoms with Gasteiger partial charge in [-0.05, 0) is 11.6 Å². The van der Waals surface area contributed by atoms with Crippen molar-refractivity contribution >= 4 is 22.8 Å². The quantitative estimate of drug-likeness (QED) is 0.638. The summed E-state index contributed by atoms with van der Waals surface area (Å²) in [6, 6.07) is 7.33. The Bertz CT molecular complexity index is 409. The lowest BCUT2D eigenvalue weighted by Crippen LogP contribution is -2.22. The van der Waals surface area contributed by atoms with Gasteiger partial charge in [0.25, 0.3) is 0 Å². The first-order valence-corrected chi connectivity index (χ1v) is 5.86. The molecule has 5 nitrogen and oxygen atoms in total. The van der Waals surface area contributed by atoms with E-state index in [1.807, 2.05) is 24.3 Å². The van der Waals surface area contributed by atoms with E-state index >= 15 is 0 Å². The highest BCUT2D eigenvalue weighted by atomic mass is 32.2. The van der Waals surface area contributed by atoms with Gasteiger partial charge >= 0.3 is 5.97 Å². The molecule has 0 aliphatic rings. The summed E-state index contributed by atoms with van der Waals surface area (Å²) in [5.41, 5.74) is 6.14. The smallest absolute Gasteiger partial charge is 0.317 e. The van der Waals surface area contributed by atoms with Crippen molar-refractivity contribution in [1.82, 2.24) is 5.32 Å². The Hall–Kier alpha value is -1.37. The highest BCUT2D eigenvalue weighted by molar-refractivity contribution is 8.13. The van der Waals surface area contributed by atoms with Gasteiger partial charge in [0.2, 0.25) is 5.12 Å². The number of hydrogen-bond donors (Lipinski definition) is 3. The molecule has 0 radical (unpaired) electrons. The van der Waals surface area contributed by atoms with Gasteiger partial charge in [-0.2, -0.15) is 0 Å². The van der Waals surface area contributed by atoms with Crippen LogP contribution in [0.5, 0.6) is 0 Å². The number of carboxylic acids is 1. The molecule has 0 amide bonds. The van der Waals surface area contributed by atoms with Crippen LogP contribution in [-0.4, -0.2) is 29.3 Å². The second kappa shape index (κ2) is 7.05. The van der Waals surface area contributed by atoms with Crippen molar-refractivity contribution < 1.29 is 14.7 Å². The molecule has 92 valence electrons. The number of nitrogens with one attached hydrogen (secondary N) is 1. The first kappa shape index (κ1) is 13.7. The maximum absolute atomic E-state index is 11.2. The van der Waals surface area contributed by atoms with Crippen LogP contribution in [0, 0.1) is 0 Å². The standard InChI is InChI=1S/C11H14N2O3S/c12-5-11(16)17-9-4-2-1-3-8(9)6-13-7-10(14)15/h1-4,13H,5-7,12H2,(H,14,15). The maximum Gasteiger partial charge on any atom is 0.317 e. The van der Waals surface area contributed by atoms with Gasteiger partial charge in [-0.3, -0.25) is 9.59 Å². The molecular formula is C11H14N2O3S. The van der Waals surface area contributed by atoms with E-state index in [9.17, 15) is 9.59 Å². The molecule has 0 aromatic heterocycles. The van der Waals surface area contributed by atoms with Crippen LogP contribution in [0.2, 0.25) is 0 Å². The van der Waals surface area contributed by atoms with Crippen molar-refractivity contribution in [1.29, 1.82) is 0 Å². The summed E-state index contributed by atoms with van der Waals surface area (Å²) in [4.78, 5) is 22.4. The number of hydrogen-bond acceptors (Lipinski definition) is 5. The maximum atomic E-state index is 11.2. The first-order valence-electron chi connectivity index (χ1n) is 5.04. The second-order valence-electron chi connectivity index (χ2n) is 3.28. The number of carbonyl (C=O) groups is 2. The molecule has 0 spiro atoms. The summed E-state index contributed by atoms with van der Waals surface area (Å²) in [7, 11) is 0. The number of carboxylic acid groups (broad SMARTS) is 1. The molecule has 4 N–H and O–H groups in total. The zero-order chi connectivity index (χ0) is 12.7. The van der Waals surface area contributed by atoms with E-state index in [0.29, 0.717) is 6.54 Å². The topological polar surface area (TPSA) is 92.4 Å². The van der Waals surface area contributed by atoms with Crippen LogP contribution in [0.4, 0.5) is 0 Å². The summed E-state index contributed by atoms with van der Waals surface area (Å²) in [6.07, 6.45) is 0. The molecule has 17 heavy (non-hydrogen) atoms. The van der Waals surface area contributed by atoms with E-state index in [0.717, 1.165) is 22.2 Å². The van der Waals surface area contributed by atoms with Crippen LogP contribution in [-0.2, 0) is 16.1 Å². The Morgan fingerprint density at radius 2 is 2.06 bits per heavy atom. The molecule has 1 aromatic rings. The monoisotopic (exact) mass is 254 g/mol. The molecule has 0 aliphatic carbocycles. The third-order valence-electron chi connectivity index (χ3n) is 1.95. The number of benzene rings is 1. The highest BCUT2D eigenvalue weighted by Gasteiger charge is 2.07. The SMILES string of the molecule is NCC(=O)Sc1ccccc1CNCC(=O)O. The molecular weight excluding hydrogens is 240 g/mol. The van der Waals surface area contributed by atoms with E-state index in [-0.39, 0.29) is 18.2 Å². The second-order valence-corrected chi connectivity index (χ2v) is 4.38. The van der Waals surface area contributed by atoms with Crippen LogP contribution in [0.3, 0.4) is 0 Å². The molecule has 0 heterocycles. The number of rotatable bonds is 6. The lowest BCUT2D eigenvalue weighted by Gasteiger charge is -2.08. The van der Waals surface area contributed by atoms with Crippen molar-refractivity contribution in [3.8, 4) is 0 Å². The van der Waals surface area contributed by atoms with Crippen LogP contribution in [0.1, 0.15) is 5.56 Å². The summed E-state index contributed by atoms with van der Waals surface area (Å²) >= 11 is 1.08. The summed E-state index contributed by atoms with van der Waals surface area (Å²) < 4.78 is 0. The van der Waals surface area contributed by atoms with Gasteiger partial charge in [0.05, 0.1) is 13.1 Å². The minimum Gasteiger partial charge on any atom is -0.480 e. The Labute approximate surface area is 103 Å². The lowest BCUT2D eigenvalue weighted by atomic mass is 10.2. The predicted molar refractivity (Wildman–Crippen MR) is 65.7 cm³/mol. The van der Waals surface area contributed by atoms with Gasteiger partial charge < -0.3 is 16.2 Å². The number of aliphatic carboxylic acids is 1. The molecule has 0 aliphatic heterocycles. The van der Waals surface area contributed by atoms with Crippen LogP contribution in [0.15, 0.2) is 29.2 Å². The van der Waals surface area contributed by atoms with Gasteiger partial charge in [-0.1, -0.05) is 30.0 Å². The van der Waals surface area contributed by atoms with Gasteiger partial charge in [-0.25, -0.2) is 0 Å². The van der Waals surface area contributed by atoms with E-state index in [2.05, 4.69) is 5.32 Å². The largest absolute Gasteiger partial charge is 0.480 e. The molecule has 0 unspecified atom stereocenters. The summed E-state index contributed by atoms with van der Waals surface area (Å²) in [6.45, 7) is 0.290. The van der Waals surface area contributed by atoms with Gasteiger partial charge in [0.1, 0.15) is 0 Å². The average molecular weight is 254 g/mol. The molecule has 6 heteroatoms. The third kappa shape index (κ3) is 4.99. The number of nitrogens with two attached hydrogens (primary N) is 1. The van der Waals surface area contributed by atoms with E-state index in [4.69, 9.17) is 10.8 Å². The molecule has 0 saturated carbocycles. The minimum atomic E-state index is -0.909. The van der Waals surface area contributed by atoms with Crippen molar-refractivity contribution in [3.63, 3.8) is 0 Å². The van der Waals surface area contributed by atoms with Crippen LogP contribution in [0.25, 0.3) is 0 Å². The average Bonchev–Trinajstić information content (AvgIpc) is 2.30. The molecule has 0 saturated heterocycles. The normalized spacial score (nSPS) is 10.2. The zero-order valence-electron chi connectivity index (χ0n) is 9.18.